The smallest absolute Gasteiger partial charge is 0.145 e. The summed E-state index contributed by atoms with van der Waals surface area (Å²) in [6.07, 6.45) is 0. The van der Waals surface area contributed by atoms with E-state index in [1.54, 1.807) is 12.1 Å². The first kappa shape index (κ1) is 15.1. The van der Waals surface area contributed by atoms with E-state index in [0.29, 0.717) is 18.7 Å². The van der Waals surface area contributed by atoms with Crippen molar-refractivity contribution < 1.29 is 4.39 Å². The molecular weight excluding hydrogens is 265 g/mol. The Morgan fingerprint density at radius 1 is 1.19 bits per heavy atom. The lowest BCUT2D eigenvalue weighted by Crippen LogP contribution is -2.23. The number of benzene rings is 1. The number of pyridine rings is 1. The second-order valence-corrected chi connectivity index (χ2v) is 4.96. The Balaban J connectivity index is 2.15. The highest BCUT2D eigenvalue weighted by atomic mass is 19.1. The molecule has 0 saturated carbocycles. The first-order valence-electron chi connectivity index (χ1n) is 6.96. The molecule has 1 aromatic heterocycles. The minimum absolute atomic E-state index is 0.0947. The molecule has 0 amide bonds. The maximum Gasteiger partial charge on any atom is 0.145 e. The van der Waals surface area contributed by atoms with Crippen molar-refractivity contribution in [3.8, 4) is 6.07 Å². The van der Waals surface area contributed by atoms with Crippen LogP contribution >= 0.6 is 0 Å². The van der Waals surface area contributed by atoms with Crippen molar-refractivity contribution in [3.05, 3.63) is 64.7 Å². The third-order valence-electron chi connectivity index (χ3n) is 3.37. The normalized spacial score (nSPS) is 10.6. The molecule has 3 nitrogen and oxygen atoms in total. The van der Waals surface area contributed by atoms with Crippen molar-refractivity contribution in [2.45, 2.75) is 26.9 Å². The molecule has 0 N–H and O–H groups in total. The van der Waals surface area contributed by atoms with Gasteiger partial charge < -0.3 is 0 Å². The van der Waals surface area contributed by atoms with E-state index in [9.17, 15) is 4.39 Å². The Morgan fingerprint density at radius 3 is 2.62 bits per heavy atom. The fourth-order valence-electron chi connectivity index (χ4n) is 2.23. The van der Waals surface area contributed by atoms with Crippen LogP contribution in [0.2, 0.25) is 0 Å². The van der Waals surface area contributed by atoms with Crippen molar-refractivity contribution in [2.24, 2.45) is 0 Å². The fraction of sp³-hybridized carbons (Fsp3) is 0.294. The minimum atomic E-state index is -0.421. The monoisotopic (exact) mass is 283 g/mol. The van der Waals surface area contributed by atoms with Crippen molar-refractivity contribution >= 4 is 0 Å². The molecule has 0 radical (unpaired) electrons. The molecule has 0 unspecified atom stereocenters. The van der Waals surface area contributed by atoms with E-state index < -0.39 is 5.82 Å². The average Bonchev–Trinajstić information content (AvgIpc) is 2.48. The molecule has 2 rings (SSSR count). The Hall–Kier alpha value is -2.25. The van der Waals surface area contributed by atoms with Crippen LogP contribution in [0.5, 0.6) is 0 Å². The molecule has 0 aliphatic heterocycles. The zero-order valence-electron chi connectivity index (χ0n) is 12.3. The fourth-order valence-corrected chi connectivity index (χ4v) is 2.23. The highest BCUT2D eigenvalue weighted by Crippen LogP contribution is 2.15. The van der Waals surface area contributed by atoms with Gasteiger partial charge in [-0.25, -0.2) is 4.39 Å². The number of hydrogen-bond donors (Lipinski definition) is 0. The molecule has 0 atom stereocenters. The van der Waals surface area contributed by atoms with Crippen molar-refractivity contribution in [3.63, 3.8) is 0 Å². The molecule has 0 saturated heterocycles. The summed E-state index contributed by atoms with van der Waals surface area (Å²) in [7, 11) is 0. The van der Waals surface area contributed by atoms with Crippen LogP contribution in [-0.4, -0.2) is 16.4 Å². The van der Waals surface area contributed by atoms with Gasteiger partial charge in [-0.05, 0) is 31.7 Å². The second kappa shape index (κ2) is 6.96. The predicted octanol–water partition coefficient (Wildman–Crippen LogP) is 3.42. The molecule has 1 aromatic carbocycles. The lowest BCUT2D eigenvalue weighted by atomic mass is 10.1. The quantitative estimate of drug-likeness (QED) is 0.844. The zero-order valence-corrected chi connectivity index (χ0v) is 12.3. The zero-order chi connectivity index (χ0) is 15.2. The molecule has 0 aliphatic rings. The third-order valence-corrected chi connectivity index (χ3v) is 3.37. The van der Waals surface area contributed by atoms with E-state index in [1.807, 2.05) is 38.1 Å². The van der Waals surface area contributed by atoms with Gasteiger partial charge in [-0.2, -0.15) is 5.26 Å². The van der Waals surface area contributed by atoms with Crippen LogP contribution in [0.15, 0.2) is 36.4 Å². The first-order chi connectivity index (χ1) is 10.1. The van der Waals surface area contributed by atoms with Crippen LogP contribution in [0.25, 0.3) is 0 Å². The van der Waals surface area contributed by atoms with Gasteiger partial charge in [0, 0.05) is 24.3 Å². The van der Waals surface area contributed by atoms with Crippen molar-refractivity contribution in [1.82, 2.24) is 9.88 Å². The number of halogens is 1. The number of hydrogen-bond acceptors (Lipinski definition) is 3. The maximum absolute atomic E-state index is 14.1. The Morgan fingerprint density at radius 2 is 1.95 bits per heavy atom. The van der Waals surface area contributed by atoms with E-state index >= 15 is 0 Å². The highest BCUT2D eigenvalue weighted by Gasteiger charge is 2.12. The van der Waals surface area contributed by atoms with Gasteiger partial charge in [-0.1, -0.05) is 25.1 Å². The minimum Gasteiger partial charge on any atom is -0.293 e. The molecule has 0 spiro atoms. The lowest BCUT2D eigenvalue weighted by molar-refractivity contribution is 0.264. The molecule has 0 aliphatic carbocycles. The summed E-state index contributed by atoms with van der Waals surface area (Å²) < 4.78 is 14.1. The molecule has 21 heavy (non-hydrogen) atoms. The largest absolute Gasteiger partial charge is 0.293 e. The molecule has 4 heteroatoms. The summed E-state index contributed by atoms with van der Waals surface area (Å²) in [5.74, 6) is -0.421. The molecule has 0 fully saturated rings. The predicted molar refractivity (Wildman–Crippen MR) is 79.9 cm³/mol. The van der Waals surface area contributed by atoms with Gasteiger partial charge in [-0.3, -0.25) is 9.88 Å². The number of aryl methyl sites for hydroxylation is 1. The Bertz CT molecular complexity index is 661. The van der Waals surface area contributed by atoms with Gasteiger partial charge in [0.15, 0.2) is 0 Å². The first-order valence-corrected chi connectivity index (χ1v) is 6.96. The van der Waals surface area contributed by atoms with Crippen LogP contribution in [0.4, 0.5) is 4.39 Å². The molecule has 2 aromatic rings. The second-order valence-electron chi connectivity index (χ2n) is 4.96. The molecule has 0 bridgehead atoms. The molecule has 108 valence electrons. The SMILES string of the molecule is CCN(Cc1cccc(C)n1)Cc1cccc(C#N)c1F. The summed E-state index contributed by atoms with van der Waals surface area (Å²) in [6, 6.07) is 12.7. The van der Waals surface area contributed by atoms with E-state index in [-0.39, 0.29) is 5.56 Å². The van der Waals surface area contributed by atoms with Crippen LogP contribution in [0.1, 0.15) is 29.4 Å². The van der Waals surface area contributed by atoms with Gasteiger partial charge >= 0.3 is 0 Å². The summed E-state index contributed by atoms with van der Waals surface area (Å²) in [5.41, 5.74) is 2.58. The van der Waals surface area contributed by atoms with Crippen LogP contribution in [-0.2, 0) is 13.1 Å². The summed E-state index contributed by atoms with van der Waals surface area (Å²) >= 11 is 0. The molecular formula is C17H18FN3. The van der Waals surface area contributed by atoms with Gasteiger partial charge in [-0.15, -0.1) is 0 Å². The summed E-state index contributed by atoms with van der Waals surface area (Å²) in [5, 5.41) is 8.89. The van der Waals surface area contributed by atoms with Crippen LogP contribution in [0, 0.1) is 24.1 Å². The van der Waals surface area contributed by atoms with Gasteiger partial charge in [0.1, 0.15) is 11.9 Å². The summed E-state index contributed by atoms with van der Waals surface area (Å²) in [4.78, 5) is 6.57. The average molecular weight is 283 g/mol. The van der Waals surface area contributed by atoms with E-state index in [4.69, 9.17) is 5.26 Å². The number of nitrogens with zero attached hydrogens (tertiary/aromatic N) is 3. The van der Waals surface area contributed by atoms with E-state index in [2.05, 4.69) is 9.88 Å². The van der Waals surface area contributed by atoms with Crippen LogP contribution < -0.4 is 0 Å². The van der Waals surface area contributed by atoms with Gasteiger partial charge in [0.25, 0.3) is 0 Å². The van der Waals surface area contributed by atoms with Crippen molar-refractivity contribution in [2.75, 3.05) is 6.54 Å². The number of rotatable bonds is 5. The van der Waals surface area contributed by atoms with E-state index in [1.165, 1.54) is 6.07 Å². The van der Waals surface area contributed by atoms with Crippen LogP contribution in [0.3, 0.4) is 0 Å². The third kappa shape index (κ3) is 3.87. The standard InChI is InChI=1S/C17H18FN3/c1-3-21(12-16-9-4-6-13(2)20-16)11-15-8-5-7-14(10-19)17(15)18/h4-9H,3,11-12H2,1-2H3. The van der Waals surface area contributed by atoms with Gasteiger partial charge in [0.2, 0.25) is 0 Å². The Labute approximate surface area is 124 Å². The highest BCUT2D eigenvalue weighted by molar-refractivity contribution is 5.34. The number of aromatic nitrogens is 1. The lowest BCUT2D eigenvalue weighted by Gasteiger charge is -2.20. The maximum atomic E-state index is 14.1. The Kier molecular flexibility index (Phi) is 5.02. The summed E-state index contributed by atoms with van der Waals surface area (Å²) in [6.45, 7) is 5.89. The van der Waals surface area contributed by atoms with E-state index in [0.717, 1.165) is 17.9 Å². The number of nitriles is 1. The topological polar surface area (TPSA) is 39.9 Å². The van der Waals surface area contributed by atoms with Crippen molar-refractivity contribution in [1.29, 1.82) is 5.26 Å². The molecule has 1 heterocycles. The van der Waals surface area contributed by atoms with Gasteiger partial charge in [0.05, 0.1) is 11.3 Å².